The molecule has 2 aromatic rings. The molecule has 0 spiro atoms. The number of nitrogens with two attached hydrogens (primary N) is 1. The van der Waals surface area contributed by atoms with E-state index in [0.717, 1.165) is 41.8 Å². The van der Waals surface area contributed by atoms with Gasteiger partial charge in [0.05, 0.1) is 19.5 Å². The molecule has 55 heavy (non-hydrogen) atoms. The first-order valence-corrected chi connectivity index (χ1v) is 21.5. The summed E-state index contributed by atoms with van der Waals surface area (Å²) in [5.41, 5.74) is 4.12. The second-order valence-electron chi connectivity index (χ2n) is 12.3. The molecule has 306 valence electrons. The Morgan fingerprint density at radius 1 is 1.09 bits per heavy atom. The Kier molecular flexibility index (Phi) is 19.5. The number of imidazole rings is 1. The fourth-order valence-corrected chi connectivity index (χ4v) is 8.14. The summed E-state index contributed by atoms with van der Waals surface area (Å²) >= 11 is 1.10. The summed E-state index contributed by atoms with van der Waals surface area (Å²) in [6.07, 6.45) is -5.23. The second-order valence-corrected chi connectivity index (χ2v) is 17.6. The molecule has 0 aromatic carbocycles. The van der Waals surface area contributed by atoms with Gasteiger partial charge in [-0.05, 0) is 6.42 Å². The smallest absolute Gasteiger partial charge is 0.756 e. The predicted octanol–water partition coefficient (Wildman–Crippen LogP) is -5.04. The number of nitrogens with zero attached hydrogens (tertiary/aromatic N) is 4. The van der Waals surface area contributed by atoms with E-state index in [1.54, 1.807) is 0 Å². The van der Waals surface area contributed by atoms with Crippen molar-refractivity contribution < 1.29 is 110 Å². The van der Waals surface area contributed by atoms with Gasteiger partial charge in [0, 0.05) is 37.1 Å². The van der Waals surface area contributed by atoms with Crippen molar-refractivity contribution in [2.45, 2.75) is 77.1 Å². The molecule has 0 bridgehead atoms. The number of nitrogens with one attached hydrogen (secondary N) is 2. The van der Waals surface area contributed by atoms with Crippen LogP contribution in [-0.2, 0) is 50.7 Å². The molecule has 1 fully saturated rings. The second kappa shape index (κ2) is 21.5. The van der Waals surface area contributed by atoms with Crippen LogP contribution < -0.4 is 60.6 Å². The van der Waals surface area contributed by atoms with Gasteiger partial charge in [0.1, 0.15) is 36.3 Å². The van der Waals surface area contributed by atoms with Crippen LogP contribution in [0.2, 0.25) is 0 Å². The number of unbranched alkanes of at least 4 members (excludes halogenated alkanes) is 1. The zero-order valence-electron chi connectivity index (χ0n) is 30.1. The first kappa shape index (κ1) is 49.7. The molecule has 0 aliphatic carbocycles. The van der Waals surface area contributed by atoms with Gasteiger partial charge in [-0.15, -0.1) is 0 Å². The number of nitrogen functional groups attached to an aromatic ring is 1. The number of phosphoric ester groups is 3. The fraction of sp³-hybridized carbons (Fsp3) is 0.692. The monoisotopic (exact) mass is 871 g/mol. The molecule has 0 radical (unpaired) electrons. The first-order valence-electron chi connectivity index (χ1n) is 16.0. The normalized spacial score (nSPS) is 22.5. The van der Waals surface area contributed by atoms with Crippen LogP contribution in [0.1, 0.15) is 52.7 Å². The molecule has 1 aliphatic heterocycles. The maximum atomic E-state index is 12.5. The maximum absolute atomic E-state index is 12.5. The van der Waals surface area contributed by atoms with Crippen LogP contribution >= 0.6 is 35.2 Å². The van der Waals surface area contributed by atoms with E-state index in [9.17, 15) is 57.9 Å². The van der Waals surface area contributed by atoms with Crippen molar-refractivity contribution in [1.82, 2.24) is 30.2 Å². The number of carbonyl (C=O) groups is 3. The van der Waals surface area contributed by atoms with E-state index in [2.05, 4.69) is 43.5 Å². The van der Waals surface area contributed by atoms with Crippen molar-refractivity contribution in [1.29, 1.82) is 0 Å². The molecular formula is C26H41N7NaO17P3S-2. The minimum absolute atomic E-state index is 0. The average molecular weight is 872 g/mol. The molecule has 3 rings (SSSR count). The molecule has 8 unspecified atom stereocenters. The molecule has 3 heterocycles. The Balaban J connectivity index is 0.0000105. The summed E-state index contributed by atoms with van der Waals surface area (Å²) in [5, 5.41) is 26.2. The minimum Gasteiger partial charge on any atom is -0.756 e. The summed E-state index contributed by atoms with van der Waals surface area (Å²) in [6.45, 7) is 2.16. The summed E-state index contributed by atoms with van der Waals surface area (Å²) in [4.78, 5) is 93.5. The Bertz CT molecular complexity index is 1770. The molecule has 2 aromatic heterocycles. The zero-order chi connectivity index (χ0) is 40.5. The topological polar surface area (TPSA) is 372 Å². The van der Waals surface area contributed by atoms with Crippen molar-refractivity contribution in [2.75, 3.05) is 37.8 Å². The Hall–Kier alpha value is -1.44. The van der Waals surface area contributed by atoms with Crippen LogP contribution in [0.5, 0.6) is 0 Å². The first-order chi connectivity index (χ1) is 25.1. The third kappa shape index (κ3) is 15.7. The molecule has 2 amide bonds. The van der Waals surface area contributed by atoms with Gasteiger partial charge in [-0.1, -0.05) is 39.0 Å². The van der Waals surface area contributed by atoms with Gasteiger partial charge >= 0.3 is 29.6 Å². The molecule has 24 nitrogen and oxygen atoms in total. The van der Waals surface area contributed by atoms with E-state index >= 15 is 0 Å². The molecule has 0 saturated carbocycles. The fourth-order valence-electron chi connectivity index (χ4n) is 4.67. The number of carbonyl (C=O) groups excluding carboxylic acids is 3. The van der Waals surface area contributed by atoms with Gasteiger partial charge in [-0.2, -0.15) is 0 Å². The molecule has 29 heteroatoms. The zero-order valence-corrected chi connectivity index (χ0v) is 35.6. The van der Waals surface area contributed by atoms with Crippen LogP contribution in [-0.4, -0.2) is 108 Å². The quantitative estimate of drug-likeness (QED) is 0.0366. The largest absolute Gasteiger partial charge is 1.00 e. The van der Waals surface area contributed by atoms with E-state index in [0.29, 0.717) is 12.2 Å². The minimum atomic E-state index is -5.89. The number of fused-ring (bicyclic) bond motifs is 1. The van der Waals surface area contributed by atoms with E-state index in [1.165, 1.54) is 13.8 Å². The third-order valence-electron chi connectivity index (χ3n) is 7.48. The molecule has 1 aliphatic rings. The number of amides is 2. The van der Waals surface area contributed by atoms with Crippen LogP contribution in [0.4, 0.5) is 5.82 Å². The number of phosphoric acid groups is 3. The summed E-state index contributed by atoms with van der Waals surface area (Å²) in [5.74, 6) is -1.14. The van der Waals surface area contributed by atoms with E-state index < -0.39 is 84.6 Å². The van der Waals surface area contributed by atoms with E-state index in [-0.39, 0.29) is 71.2 Å². The number of ether oxygens (including phenoxy) is 1. The summed E-state index contributed by atoms with van der Waals surface area (Å²) in [6, 6.07) is 0. The van der Waals surface area contributed by atoms with Crippen LogP contribution in [0.25, 0.3) is 11.2 Å². The van der Waals surface area contributed by atoms with Crippen LogP contribution in [0.15, 0.2) is 12.7 Å². The van der Waals surface area contributed by atoms with E-state index in [4.69, 9.17) is 10.5 Å². The number of thioether (sulfide) groups is 1. The van der Waals surface area contributed by atoms with Gasteiger partial charge in [0.15, 0.2) is 22.8 Å². The van der Waals surface area contributed by atoms with Crippen molar-refractivity contribution in [3.8, 4) is 0 Å². The SMILES string of the molecule is CCCCC(=O)SCCNC(=O)CCNC(=O)C(O)C(C)(C)COP(=O)([O-])OP(=O)([O-])OCC1OC(n2cnc3c(N)ncnc32)C(O)C1OP(=O)([O-])O.[Na+]. The number of anilines is 1. The standard InChI is InChI=1S/C26H44N7O17P3S.Na/c1-4-5-6-17(35)54-10-9-28-16(34)7-8-29-24(38)21(37)26(2,3)12-47-53(44,45)50-52(42,43)46-11-15-20(49-51(39,40)41)19(36)25(48-15)33-14-32-18-22(27)30-13-31-23(18)33;/h13-15,19-21,25,36-37H,4-12H2,1-3H3,(H,28,34)(H,29,38)(H,42,43)(H,44,45)(H2,27,30,31)(H2,39,40,41);/q;+1/p-3. The van der Waals surface area contributed by atoms with Crippen molar-refractivity contribution >= 4 is 69.1 Å². The number of rotatable bonds is 22. The van der Waals surface area contributed by atoms with Gasteiger partial charge in [-0.25, -0.2) is 19.3 Å². The van der Waals surface area contributed by atoms with Crippen LogP contribution in [0.3, 0.4) is 0 Å². The average Bonchev–Trinajstić information content (AvgIpc) is 3.63. The Morgan fingerprint density at radius 2 is 1.76 bits per heavy atom. The third-order valence-corrected chi connectivity index (χ3v) is 11.4. The number of aromatic nitrogens is 4. The predicted molar refractivity (Wildman–Crippen MR) is 180 cm³/mol. The maximum Gasteiger partial charge on any atom is 1.00 e. The molecule has 7 N–H and O–H groups in total. The van der Waals surface area contributed by atoms with Crippen molar-refractivity contribution in [3.63, 3.8) is 0 Å². The summed E-state index contributed by atoms with van der Waals surface area (Å²) < 4.78 is 60.7. The van der Waals surface area contributed by atoms with Crippen molar-refractivity contribution in [2.24, 2.45) is 5.41 Å². The van der Waals surface area contributed by atoms with E-state index in [1.807, 2.05) is 6.92 Å². The van der Waals surface area contributed by atoms with Gasteiger partial charge in [0.2, 0.25) is 11.8 Å². The molecule has 8 atom stereocenters. The summed E-state index contributed by atoms with van der Waals surface area (Å²) in [7, 11) is -17.3. The van der Waals surface area contributed by atoms with Gasteiger partial charge in [0.25, 0.3) is 23.5 Å². The number of hydrogen-bond donors (Lipinski definition) is 6. The number of aliphatic hydroxyl groups excluding tert-OH is 2. The van der Waals surface area contributed by atoms with Gasteiger partial charge in [-0.3, -0.25) is 32.6 Å². The molecule has 1 saturated heterocycles. The Labute approximate surface area is 340 Å². The number of aliphatic hydroxyl groups is 2. The van der Waals surface area contributed by atoms with Gasteiger partial charge < -0.3 is 64.5 Å². The van der Waals surface area contributed by atoms with Crippen molar-refractivity contribution in [3.05, 3.63) is 12.7 Å². The molecular weight excluding hydrogens is 830 g/mol. The number of hydrogen-bond acceptors (Lipinski definition) is 21. The van der Waals surface area contributed by atoms with Crippen LogP contribution in [0, 0.1) is 5.41 Å². The Morgan fingerprint density at radius 3 is 2.42 bits per heavy atom.